The Morgan fingerprint density at radius 3 is 2.46 bits per heavy atom. The number of nitrogens with zero attached hydrogens (tertiary/aromatic N) is 2. The number of rotatable bonds is 6. The second-order valence-electron chi connectivity index (χ2n) is 6.34. The Hall–Kier alpha value is -2.63. The fourth-order valence-corrected chi connectivity index (χ4v) is 3.22. The van der Waals surface area contributed by atoms with E-state index >= 15 is 0 Å². The van der Waals surface area contributed by atoms with Crippen molar-refractivity contribution in [3.05, 3.63) is 60.8 Å². The molecule has 0 bridgehead atoms. The fourth-order valence-electron chi connectivity index (χ4n) is 3.22. The van der Waals surface area contributed by atoms with Crippen LogP contribution in [0.1, 0.15) is 0 Å². The minimum absolute atomic E-state index is 0.698. The number of benzene rings is 2. The molecule has 0 spiro atoms. The van der Waals surface area contributed by atoms with Crippen molar-refractivity contribution in [2.45, 2.75) is 0 Å². The van der Waals surface area contributed by atoms with Gasteiger partial charge in [-0.15, -0.1) is 0 Å². The van der Waals surface area contributed by atoms with Gasteiger partial charge in [-0.3, -0.25) is 10.00 Å². The zero-order chi connectivity index (χ0) is 17.6. The van der Waals surface area contributed by atoms with Gasteiger partial charge in [-0.05, 0) is 29.3 Å². The lowest BCUT2D eigenvalue weighted by atomic mass is 9.98. The third-order valence-electron chi connectivity index (χ3n) is 4.66. The molecule has 1 aromatic heterocycles. The number of ether oxygens (including phenoxy) is 2. The summed E-state index contributed by atoms with van der Waals surface area (Å²) >= 11 is 0. The summed E-state index contributed by atoms with van der Waals surface area (Å²) in [5.41, 5.74) is 4.50. The molecule has 0 radical (unpaired) electrons. The van der Waals surface area contributed by atoms with Crippen LogP contribution in [-0.2, 0) is 4.74 Å². The van der Waals surface area contributed by atoms with Crippen molar-refractivity contribution < 1.29 is 9.47 Å². The summed E-state index contributed by atoms with van der Waals surface area (Å²) in [6.45, 7) is 5.27. The number of aromatic amines is 1. The van der Waals surface area contributed by atoms with Crippen molar-refractivity contribution in [1.82, 2.24) is 15.1 Å². The summed E-state index contributed by atoms with van der Waals surface area (Å²) in [7, 11) is 0. The summed E-state index contributed by atoms with van der Waals surface area (Å²) in [5, 5.41) is 7.11. The fraction of sp³-hybridized carbons (Fsp3) is 0.286. The predicted molar refractivity (Wildman–Crippen MR) is 102 cm³/mol. The van der Waals surface area contributed by atoms with Crippen molar-refractivity contribution >= 4 is 0 Å². The van der Waals surface area contributed by atoms with E-state index in [1.165, 1.54) is 5.56 Å². The highest BCUT2D eigenvalue weighted by Gasteiger charge is 2.10. The molecule has 2 heterocycles. The van der Waals surface area contributed by atoms with E-state index in [4.69, 9.17) is 9.47 Å². The molecule has 0 unspecified atom stereocenters. The molecule has 1 aliphatic heterocycles. The summed E-state index contributed by atoms with van der Waals surface area (Å²) in [6.07, 6.45) is 1.78. The van der Waals surface area contributed by atoms with Crippen LogP contribution < -0.4 is 4.74 Å². The van der Waals surface area contributed by atoms with E-state index in [0.717, 1.165) is 55.4 Å². The van der Waals surface area contributed by atoms with Crippen LogP contribution in [0, 0.1) is 0 Å². The van der Waals surface area contributed by atoms with Gasteiger partial charge in [-0.25, -0.2) is 0 Å². The molecule has 26 heavy (non-hydrogen) atoms. The first-order chi connectivity index (χ1) is 12.9. The van der Waals surface area contributed by atoms with Crippen LogP contribution in [0.2, 0.25) is 0 Å². The van der Waals surface area contributed by atoms with E-state index in [9.17, 15) is 0 Å². The molecule has 1 aliphatic rings. The zero-order valence-electron chi connectivity index (χ0n) is 14.7. The third kappa shape index (κ3) is 3.95. The van der Waals surface area contributed by atoms with Crippen molar-refractivity contribution in [3.63, 3.8) is 0 Å². The van der Waals surface area contributed by atoms with E-state index in [-0.39, 0.29) is 0 Å². The number of hydrogen-bond acceptors (Lipinski definition) is 4. The average Bonchev–Trinajstić information content (AvgIpc) is 3.24. The zero-order valence-corrected chi connectivity index (χ0v) is 14.7. The summed E-state index contributed by atoms with van der Waals surface area (Å²) < 4.78 is 11.3. The van der Waals surface area contributed by atoms with Crippen LogP contribution in [0.25, 0.3) is 22.4 Å². The van der Waals surface area contributed by atoms with Gasteiger partial charge in [-0.2, -0.15) is 5.10 Å². The van der Waals surface area contributed by atoms with Crippen LogP contribution in [0.15, 0.2) is 60.8 Å². The van der Waals surface area contributed by atoms with E-state index in [1.807, 2.05) is 24.3 Å². The molecule has 2 aromatic carbocycles. The Kier molecular flexibility index (Phi) is 5.28. The number of morpholine rings is 1. The first-order valence-corrected chi connectivity index (χ1v) is 9.02. The normalized spacial score (nSPS) is 15.1. The Bertz CT molecular complexity index is 810. The number of hydrogen-bond donors (Lipinski definition) is 1. The second kappa shape index (κ2) is 8.17. The summed E-state index contributed by atoms with van der Waals surface area (Å²) in [5.74, 6) is 0.904. The number of aromatic nitrogens is 2. The SMILES string of the molecule is c1ccc(-c2ccn[nH]2)c(-c2ccc(OCCN3CCOCC3)cc2)c1. The van der Waals surface area contributed by atoms with E-state index in [2.05, 4.69) is 45.4 Å². The largest absolute Gasteiger partial charge is 0.492 e. The molecular weight excluding hydrogens is 326 g/mol. The van der Waals surface area contributed by atoms with Gasteiger partial charge in [0.05, 0.1) is 18.9 Å². The predicted octanol–water partition coefficient (Wildman–Crippen LogP) is 3.45. The summed E-state index contributed by atoms with van der Waals surface area (Å²) in [4.78, 5) is 2.37. The topological polar surface area (TPSA) is 50.4 Å². The highest BCUT2D eigenvalue weighted by molar-refractivity contribution is 5.81. The molecule has 1 N–H and O–H groups in total. The van der Waals surface area contributed by atoms with Gasteiger partial charge in [0.2, 0.25) is 0 Å². The van der Waals surface area contributed by atoms with E-state index in [1.54, 1.807) is 6.20 Å². The van der Waals surface area contributed by atoms with Crippen LogP contribution in [0.3, 0.4) is 0 Å². The molecule has 0 aliphatic carbocycles. The van der Waals surface area contributed by atoms with Crippen molar-refractivity contribution in [2.75, 3.05) is 39.5 Å². The molecule has 4 rings (SSSR count). The lowest BCUT2D eigenvalue weighted by molar-refractivity contribution is 0.0322. The van der Waals surface area contributed by atoms with Crippen LogP contribution >= 0.6 is 0 Å². The Labute approximate surface area is 153 Å². The van der Waals surface area contributed by atoms with Gasteiger partial charge in [0.15, 0.2) is 0 Å². The van der Waals surface area contributed by atoms with Gasteiger partial charge >= 0.3 is 0 Å². The lowest BCUT2D eigenvalue weighted by Gasteiger charge is -2.26. The molecule has 5 nitrogen and oxygen atoms in total. The van der Waals surface area contributed by atoms with Crippen molar-refractivity contribution in [3.8, 4) is 28.1 Å². The molecule has 1 fully saturated rings. The monoisotopic (exact) mass is 349 g/mol. The minimum Gasteiger partial charge on any atom is -0.492 e. The maximum Gasteiger partial charge on any atom is 0.119 e. The lowest BCUT2D eigenvalue weighted by Crippen LogP contribution is -2.38. The standard InChI is InChI=1S/C21H23N3O2/c1-2-4-20(21-9-10-22-23-21)19(3-1)17-5-7-18(8-6-17)26-16-13-24-11-14-25-15-12-24/h1-10H,11-16H2,(H,22,23). The first-order valence-electron chi connectivity index (χ1n) is 9.02. The Morgan fingerprint density at radius 2 is 1.73 bits per heavy atom. The molecule has 134 valence electrons. The molecule has 0 amide bonds. The van der Waals surface area contributed by atoms with Gasteiger partial charge in [-0.1, -0.05) is 36.4 Å². The van der Waals surface area contributed by atoms with E-state index < -0.39 is 0 Å². The van der Waals surface area contributed by atoms with E-state index in [0.29, 0.717) is 6.61 Å². The highest BCUT2D eigenvalue weighted by Crippen LogP contribution is 2.31. The molecule has 0 atom stereocenters. The van der Waals surface area contributed by atoms with Gasteiger partial charge in [0.25, 0.3) is 0 Å². The Morgan fingerprint density at radius 1 is 0.962 bits per heavy atom. The summed E-state index contributed by atoms with van der Waals surface area (Å²) in [6, 6.07) is 18.6. The average molecular weight is 349 g/mol. The maximum absolute atomic E-state index is 5.90. The minimum atomic E-state index is 0.698. The molecule has 0 saturated carbocycles. The smallest absolute Gasteiger partial charge is 0.119 e. The van der Waals surface area contributed by atoms with Crippen LogP contribution in [-0.4, -0.2) is 54.6 Å². The molecule has 1 saturated heterocycles. The molecule has 5 heteroatoms. The maximum atomic E-state index is 5.90. The number of nitrogens with one attached hydrogen (secondary N) is 1. The van der Waals surface area contributed by atoms with Gasteiger partial charge in [0.1, 0.15) is 12.4 Å². The second-order valence-corrected chi connectivity index (χ2v) is 6.34. The molecule has 3 aromatic rings. The highest BCUT2D eigenvalue weighted by atomic mass is 16.5. The number of H-pyrrole nitrogens is 1. The van der Waals surface area contributed by atoms with Crippen LogP contribution in [0.5, 0.6) is 5.75 Å². The van der Waals surface area contributed by atoms with Crippen molar-refractivity contribution in [2.24, 2.45) is 0 Å². The van der Waals surface area contributed by atoms with Crippen LogP contribution in [0.4, 0.5) is 0 Å². The molecular formula is C21H23N3O2. The van der Waals surface area contributed by atoms with Gasteiger partial charge in [0, 0.05) is 31.4 Å². The van der Waals surface area contributed by atoms with Crippen molar-refractivity contribution in [1.29, 1.82) is 0 Å². The quantitative estimate of drug-likeness (QED) is 0.740. The first kappa shape index (κ1) is 16.8. The Balaban J connectivity index is 1.42. The third-order valence-corrected chi connectivity index (χ3v) is 4.66. The van der Waals surface area contributed by atoms with Gasteiger partial charge < -0.3 is 9.47 Å².